The van der Waals surface area contributed by atoms with Crippen LogP contribution in [0.3, 0.4) is 0 Å². The minimum absolute atomic E-state index is 0.150. The minimum atomic E-state index is -0.150. The minimum Gasteiger partial charge on any atom is -0.354 e. The number of halogens is 1. The van der Waals surface area contributed by atoms with Crippen molar-refractivity contribution in [3.05, 3.63) is 52.3 Å². The molecule has 1 heterocycles. The van der Waals surface area contributed by atoms with Crippen LogP contribution in [0.1, 0.15) is 29.4 Å². The second-order valence-corrected chi connectivity index (χ2v) is 5.65. The Labute approximate surface area is 133 Å². The highest BCUT2D eigenvalue weighted by Gasteiger charge is 2.08. The van der Waals surface area contributed by atoms with Gasteiger partial charge in [0.05, 0.1) is 5.69 Å². The number of benzene rings is 1. The summed E-state index contributed by atoms with van der Waals surface area (Å²) in [6.07, 6.45) is 2.53. The summed E-state index contributed by atoms with van der Waals surface area (Å²) < 4.78 is 0.983. The summed E-state index contributed by atoms with van der Waals surface area (Å²) in [5, 5.41) is 6.10. The van der Waals surface area contributed by atoms with Gasteiger partial charge in [-0.1, -0.05) is 13.0 Å². The molecule has 21 heavy (non-hydrogen) atoms. The van der Waals surface area contributed by atoms with E-state index in [1.54, 1.807) is 12.3 Å². The van der Waals surface area contributed by atoms with Crippen LogP contribution in [0.25, 0.3) is 0 Å². The van der Waals surface area contributed by atoms with Gasteiger partial charge in [-0.15, -0.1) is 0 Å². The molecule has 2 aromatic rings. The van der Waals surface area contributed by atoms with Crippen LogP contribution in [0.2, 0.25) is 0 Å². The molecule has 110 valence electrons. The molecule has 0 aliphatic carbocycles. The number of hydrogen-bond donors (Lipinski definition) is 2. The molecule has 0 atom stereocenters. The number of carbonyl (C=O) groups excluding carboxylic acids is 1. The Bertz CT molecular complexity index is 643. The summed E-state index contributed by atoms with van der Waals surface area (Å²) in [7, 11) is 0. The summed E-state index contributed by atoms with van der Waals surface area (Å²) in [4.78, 5) is 16.0. The molecule has 1 aromatic heterocycles. The Kier molecular flexibility index (Phi) is 5.33. The van der Waals surface area contributed by atoms with Crippen LogP contribution in [0.5, 0.6) is 0 Å². The molecule has 4 nitrogen and oxygen atoms in total. The van der Waals surface area contributed by atoms with Gasteiger partial charge in [-0.2, -0.15) is 0 Å². The van der Waals surface area contributed by atoms with Crippen molar-refractivity contribution in [3.8, 4) is 0 Å². The first kappa shape index (κ1) is 15.5. The lowest BCUT2D eigenvalue weighted by atomic mass is 10.2. The molecule has 0 unspecified atom stereocenters. The molecule has 0 radical (unpaired) electrons. The van der Waals surface area contributed by atoms with Gasteiger partial charge in [0.2, 0.25) is 0 Å². The molecule has 1 amide bonds. The standard InChI is InChI=1S/C16H18BrN3O/c1-3-7-19-16(21)15-10-12(6-8-18-15)20-14-5-4-11(2)9-13(14)17/h4-6,8-10H,3,7H2,1-2H3,(H,18,20)(H,19,21). The number of carbonyl (C=O) groups is 1. The van der Waals surface area contributed by atoms with E-state index in [9.17, 15) is 4.79 Å². The van der Waals surface area contributed by atoms with Gasteiger partial charge in [0, 0.05) is 22.9 Å². The van der Waals surface area contributed by atoms with E-state index in [0.717, 1.165) is 22.3 Å². The fraction of sp³-hybridized carbons (Fsp3) is 0.250. The highest BCUT2D eigenvalue weighted by Crippen LogP contribution is 2.26. The second kappa shape index (κ2) is 7.22. The van der Waals surface area contributed by atoms with E-state index < -0.39 is 0 Å². The van der Waals surface area contributed by atoms with Gasteiger partial charge in [-0.25, -0.2) is 0 Å². The Morgan fingerprint density at radius 3 is 2.81 bits per heavy atom. The van der Waals surface area contributed by atoms with Crippen LogP contribution in [0.4, 0.5) is 11.4 Å². The number of nitrogens with one attached hydrogen (secondary N) is 2. The summed E-state index contributed by atoms with van der Waals surface area (Å²) >= 11 is 3.53. The molecule has 2 N–H and O–H groups in total. The third-order valence-corrected chi connectivity index (χ3v) is 3.59. The molecular formula is C16H18BrN3O. The summed E-state index contributed by atoms with van der Waals surface area (Å²) in [6, 6.07) is 9.65. The maximum atomic E-state index is 11.9. The Morgan fingerprint density at radius 1 is 1.29 bits per heavy atom. The first-order valence-electron chi connectivity index (χ1n) is 6.87. The van der Waals surface area contributed by atoms with Gasteiger partial charge in [-0.3, -0.25) is 9.78 Å². The zero-order valence-corrected chi connectivity index (χ0v) is 13.7. The van der Waals surface area contributed by atoms with E-state index in [0.29, 0.717) is 12.2 Å². The summed E-state index contributed by atoms with van der Waals surface area (Å²) in [5.74, 6) is -0.150. The number of amides is 1. The molecular weight excluding hydrogens is 330 g/mol. The molecule has 0 aliphatic rings. The Morgan fingerprint density at radius 2 is 2.10 bits per heavy atom. The van der Waals surface area contributed by atoms with Crippen molar-refractivity contribution in [3.63, 3.8) is 0 Å². The zero-order chi connectivity index (χ0) is 15.2. The normalized spacial score (nSPS) is 10.2. The quantitative estimate of drug-likeness (QED) is 0.858. The van der Waals surface area contributed by atoms with Crippen LogP contribution >= 0.6 is 15.9 Å². The van der Waals surface area contributed by atoms with E-state index >= 15 is 0 Å². The number of pyridine rings is 1. The maximum Gasteiger partial charge on any atom is 0.269 e. The van der Waals surface area contributed by atoms with E-state index in [-0.39, 0.29) is 5.91 Å². The van der Waals surface area contributed by atoms with Gasteiger partial charge in [-0.05, 0) is 59.1 Å². The third kappa shape index (κ3) is 4.29. The predicted octanol–water partition coefficient (Wildman–Crippen LogP) is 4.04. The van der Waals surface area contributed by atoms with E-state index in [2.05, 4.69) is 31.5 Å². The Balaban J connectivity index is 2.15. The lowest BCUT2D eigenvalue weighted by Gasteiger charge is -2.10. The molecule has 0 fully saturated rings. The number of aryl methyl sites for hydroxylation is 1. The zero-order valence-electron chi connectivity index (χ0n) is 12.1. The van der Waals surface area contributed by atoms with E-state index in [1.807, 2.05) is 38.1 Å². The third-order valence-electron chi connectivity index (χ3n) is 2.93. The fourth-order valence-electron chi connectivity index (χ4n) is 1.84. The number of nitrogens with zero attached hydrogens (tertiary/aromatic N) is 1. The van der Waals surface area contributed by atoms with Crippen LogP contribution in [0, 0.1) is 6.92 Å². The van der Waals surface area contributed by atoms with E-state index in [1.165, 1.54) is 5.56 Å². The average molecular weight is 348 g/mol. The molecule has 2 rings (SSSR count). The van der Waals surface area contributed by atoms with Gasteiger partial charge >= 0.3 is 0 Å². The summed E-state index contributed by atoms with van der Waals surface area (Å²) in [5.41, 5.74) is 3.38. The smallest absolute Gasteiger partial charge is 0.269 e. The lowest BCUT2D eigenvalue weighted by Crippen LogP contribution is -2.24. The second-order valence-electron chi connectivity index (χ2n) is 4.79. The largest absolute Gasteiger partial charge is 0.354 e. The van der Waals surface area contributed by atoms with Crippen LogP contribution in [-0.4, -0.2) is 17.4 Å². The van der Waals surface area contributed by atoms with E-state index in [4.69, 9.17) is 0 Å². The van der Waals surface area contributed by atoms with Crippen molar-refractivity contribution >= 4 is 33.2 Å². The first-order chi connectivity index (χ1) is 10.1. The highest BCUT2D eigenvalue weighted by molar-refractivity contribution is 9.10. The molecule has 0 aliphatic heterocycles. The fourth-order valence-corrected chi connectivity index (χ4v) is 2.43. The van der Waals surface area contributed by atoms with Gasteiger partial charge in [0.25, 0.3) is 5.91 Å². The highest BCUT2D eigenvalue weighted by atomic mass is 79.9. The molecule has 0 bridgehead atoms. The van der Waals surface area contributed by atoms with Crippen molar-refractivity contribution in [1.82, 2.24) is 10.3 Å². The molecule has 0 saturated heterocycles. The number of aromatic nitrogens is 1. The van der Waals surface area contributed by atoms with Crippen molar-refractivity contribution in [1.29, 1.82) is 0 Å². The number of rotatable bonds is 5. The maximum absolute atomic E-state index is 11.9. The first-order valence-corrected chi connectivity index (χ1v) is 7.67. The number of hydrogen-bond acceptors (Lipinski definition) is 3. The van der Waals surface area contributed by atoms with Crippen LogP contribution in [-0.2, 0) is 0 Å². The molecule has 1 aromatic carbocycles. The molecule has 5 heteroatoms. The van der Waals surface area contributed by atoms with Crippen molar-refractivity contribution in [2.45, 2.75) is 20.3 Å². The monoisotopic (exact) mass is 347 g/mol. The summed E-state index contributed by atoms with van der Waals surface area (Å²) in [6.45, 7) is 4.71. The molecule has 0 saturated carbocycles. The lowest BCUT2D eigenvalue weighted by molar-refractivity contribution is 0.0949. The topological polar surface area (TPSA) is 54.0 Å². The van der Waals surface area contributed by atoms with Crippen LogP contribution in [0.15, 0.2) is 41.0 Å². The van der Waals surface area contributed by atoms with Crippen LogP contribution < -0.4 is 10.6 Å². The SMILES string of the molecule is CCCNC(=O)c1cc(Nc2ccc(C)cc2Br)ccn1. The van der Waals surface area contributed by atoms with Crippen molar-refractivity contribution in [2.24, 2.45) is 0 Å². The van der Waals surface area contributed by atoms with Gasteiger partial charge in [0.15, 0.2) is 0 Å². The average Bonchev–Trinajstić information content (AvgIpc) is 2.48. The predicted molar refractivity (Wildman–Crippen MR) is 89.0 cm³/mol. The Hall–Kier alpha value is -1.88. The molecule has 0 spiro atoms. The van der Waals surface area contributed by atoms with Crippen molar-refractivity contribution in [2.75, 3.05) is 11.9 Å². The van der Waals surface area contributed by atoms with Gasteiger partial charge < -0.3 is 10.6 Å². The van der Waals surface area contributed by atoms with Crippen molar-refractivity contribution < 1.29 is 4.79 Å². The number of anilines is 2. The van der Waals surface area contributed by atoms with Gasteiger partial charge in [0.1, 0.15) is 5.69 Å².